The molecule has 6 nitrogen and oxygen atoms in total. The number of hydrogen-bond donors (Lipinski definition) is 2. The van der Waals surface area contributed by atoms with Crippen LogP contribution in [0.4, 0.5) is 0 Å². The fourth-order valence-electron chi connectivity index (χ4n) is 3.90. The van der Waals surface area contributed by atoms with Crippen LogP contribution in [0.5, 0.6) is 0 Å². The van der Waals surface area contributed by atoms with Gasteiger partial charge in [-0.15, -0.1) is 0 Å². The minimum Gasteiger partial charge on any atom is -0.341 e. The first kappa shape index (κ1) is 17.9. The largest absolute Gasteiger partial charge is 0.341 e. The zero-order valence-electron chi connectivity index (χ0n) is 15.0. The molecule has 3 fully saturated rings. The van der Waals surface area contributed by atoms with Crippen molar-refractivity contribution in [2.45, 2.75) is 68.0 Å². The highest BCUT2D eigenvalue weighted by atomic mass is 32.2. The summed E-state index contributed by atoms with van der Waals surface area (Å²) in [6.45, 7) is 1.66. The fourth-order valence-corrected chi connectivity index (χ4v) is 5.21. The SMILES string of the molecule is O=C(CCc1ccc(S(=O)(=O)NC2CC2)cc1)N1CCC2CCC(C1)N2. The second-order valence-electron chi connectivity index (χ2n) is 7.81. The highest BCUT2D eigenvalue weighted by molar-refractivity contribution is 7.89. The van der Waals surface area contributed by atoms with Crippen LogP contribution in [0.25, 0.3) is 0 Å². The van der Waals surface area contributed by atoms with Crippen LogP contribution in [0.3, 0.4) is 0 Å². The molecule has 7 heteroatoms. The minimum absolute atomic E-state index is 0.107. The molecule has 1 amide bonds. The highest BCUT2D eigenvalue weighted by Gasteiger charge is 2.31. The lowest BCUT2D eigenvalue weighted by Crippen LogP contribution is -2.39. The lowest BCUT2D eigenvalue weighted by atomic mass is 10.1. The number of likely N-dealkylation sites (tertiary alicyclic amines) is 1. The number of sulfonamides is 1. The van der Waals surface area contributed by atoms with Gasteiger partial charge in [-0.1, -0.05) is 12.1 Å². The van der Waals surface area contributed by atoms with Crippen LogP contribution in [0.1, 0.15) is 44.1 Å². The summed E-state index contributed by atoms with van der Waals surface area (Å²) in [7, 11) is -3.40. The van der Waals surface area contributed by atoms with E-state index in [0.717, 1.165) is 37.9 Å². The Bertz CT molecular complexity index is 759. The van der Waals surface area contributed by atoms with E-state index in [1.807, 2.05) is 17.0 Å². The number of benzene rings is 1. The number of amides is 1. The zero-order valence-corrected chi connectivity index (χ0v) is 15.8. The average molecular weight is 378 g/mol. The molecule has 142 valence electrons. The van der Waals surface area contributed by atoms with Gasteiger partial charge in [0.25, 0.3) is 0 Å². The Balaban J connectivity index is 1.30. The fraction of sp³-hybridized carbons (Fsp3) is 0.632. The van der Waals surface area contributed by atoms with Gasteiger partial charge in [-0.3, -0.25) is 4.79 Å². The molecule has 4 rings (SSSR count). The summed E-state index contributed by atoms with van der Waals surface area (Å²) in [6.07, 6.45) is 6.41. The number of carbonyl (C=O) groups excluding carboxylic acids is 1. The van der Waals surface area contributed by atoms with Gasteiger partial charge < -0.3 is 10.2 Å². The van der Waals surface area contributed by atoms with Crippen LogP contribution >= 0.6 is 0 Å². The van der Waals surface area contributed by atoms with E-state index < -0.39 is 10.0 Å². The summed E-state index contributed by atoms with van der Waals surface area (Å²) in [4.78, 5) is 14.8. The molecule has 1 saturated carbocycles. The van der Waals surface area contributed by atoms with E-state index in [1.165, 1.54) is 12.8 Å². The predicted molar refractivity (Wildman–Crippen MR) is 99.2 cm³/mol. The van der Waals surface area contributed by atoms with Gasteiger partial charge in [0, 0.05) is 37.6 Å². The second kappa shape index (κ2) is 7.29. The number of rotatable bonds is 6. The number of nitrogens with zero attached hydrogens (tertiary/aromatic N) is 1. The first-order valence-electron chi connectivity index (χ1n) is 9.65. The highest BCUT2D eigenvalue weighted by Crippen LogP contribution is 2.23. The summed E-state index contributed by atoms with van der Waals surface area (Å²) in [5.41, 5.74) is 0.998. The van der Waals surface area contributed by atoms with E-state index in [2.05, 4.69) is 10.0 Å². The van der Waals surface area contributed by atoms with Crippen LogP contribution in [-0.2, 0) is 21.2 Å². The van der Waals surface area contributed by atoms with Crippen molar-refractivity contribution in [1.29, 1.82) is 0 Å². The Hall–Kier alpha value is -1.44. The van der Waals surface area contributed by atoms with Crippen LogP contribution < -0.4 is 10.0 Å². The topological polar surface area (TPSA) is 78.5 Å². The van der Waals surface area contributed by atoms with Crippen molar-refractivity contribution in [2.24, 2.45) is 0 Å². The van der Waals surface area contributed by atoms with Crippen molar-refractivity contribution in [1.82, 2.24) is 14.9 Å². The van der Waals surface area contributed by atoms with Gasteiger partial charge in [0.15, 0.2) is 0 Å². The molecule has 2 unspecified atom stereocenters. The Kier molecular flexibility index (Phi) is 5.03. The Morgan fingerprint density at radius 3 is 2.54 bits per heavy atom. The maximum Gasteiger partial charge on any atom is 0.240 e. The normalized spacial score (nSPS) is 25.9. The Morgan fingerprint density at radius 2 is 1.81 bits per heavy atom. The molecule has 2 heterocycles. The third-order valence-corrected chi connectivity index (χ3v) is 7.17. The molecule has 2 aliphatic heterocycles. The molecule has 2 bridgehead atoms. The van der Waals surface area contributed by atoms with Gasteiger partial charge >= 0.3 is 0 Å². The summed E-state index contributed by atoms with van der Waals surface area (Å²) in [5, 5.41) is 3.59. The molecule has 1 aromatic rings. The molecular formula is C19H27N3O3S. The van der Waals surface area contributed by atoms with Crippen molar-refractivity contribution in [3.8, 4) is 0 Å². The summed E-state index contributed by atoms with van der Waals surface area (Å²) in [6, 6.07) is 8.06. The maximum atomic E-state index is 12.5. The zero-order chi connectivity index (χ0) is 18.1. The van der Waals surface area contributed by atoms with Gasteiger partial charge in [-0.2, -0.15) is 0 Å². The molecule has 2 N–H and O–H groups in total. The summed E-state index contributed by atoms with van der Waals surface area (Å²) >= 11 is 0. The lowest BCUT2D eigenvalue weighted by Gasteiger charge is -2.24. The predicted octanol–water partition coefficient (Wildman–Crippen LogP) is 1.41. The van der Waals surface area contributed by atoms with E-state index in [4.69, 9.17) is 0 Å². The number of hydrogen-bond acceptors (Lipinski definition) is 4. The molecule has 2 saturated heterocycles. The van der Waals surface area contributed by atoms with Gasteiger partial charge in [0.1, 0.15) is 0 Å². The van der Waals surface area contributed by atoms with Gasteiger partial charge in [-0.25, -0.2) is 13.1 Å². The van der Waals surface area contributed by atoms with Gasteiger partial charge in [0.05, 0.1) is 4.90 Å². The maximum absolute atomic E-state index is 12.5. The Morgan fingerprint density at radius 1 is 1.08 bits per heavy atom. The van der Waals surface area contributed by atoms with Crippen molar-refractivity contribution < 1.29 is 13.2 Å². The average Bonchev–Trinajstić information content (AvgIpc) is 3.34. The Labute approximate surface area is 155 Å². The van der Waals surface area contributed by atoms with E-state index >= 15 is 0 Å². The number of fused-ring (bicyclic) bond motifs is 2. The third kappa shape index (κ3) is 4.27. The molecule has 2 atom stereocenters. The van der Waals surface area contributed by atoms with E-state index in [-0.39, 0.29) is 11.9 Å². The van der Waals surface area contributed by atoms with Crippen LogP contribution in [-0.4, -0.2) is 50.4 Å². The molecular weight excluding hydrogens is 350 g/mol. The molecule has 0 aromatic heterocycles. The van der Waals surface area contributed by atoms with Gasteiger partial charge in [0.2, 0.25) is 15.9 Å². The summed E-state index contributed by atoms with van der Waals surface area (Å²) < 4.78 is 27.1. The minimum atomic E-state index is -3.40. The quantitative estimate of drug-likeness (QED) is 0.786. The molecule has 0 radical (unpaired) electrons. The van der Waals surface area contributed by atoms with Crippen LogP contribution in [0.15, 0.2) is 29.2 Å². The van der Waals surface area contributed by atoms with E-state index in [9.17, 15) is 13.2 Å². The number of aryl methyl sites for hydroxylation is 1. The van der Waals surface area contributed by atoms with Gasteiger partial charge in [-0.05, 0) is 56.2 Å². The van der Waals surface area contributed by atoms with E-state index in [0.29, 0.717) is 29.8 Å². The van der Waals surface area contributed by atoms with E-state index in [1.54, 1.807) is 12.1 Å². The molecule has 26 heavy (non-hydrogen) atoms. The monoisotopic (exact) mass is 377 g/mol. The molecule has 3 aliphatic rings. The van der Waals surface area contributed by atoms with Crippen molar-refractivity contribution in [2.75, 3.05) is 13.1 Å². The number of nitrogens with one attached hydrogen (secondary N) is 2. The lowest BCUT2D eigenvalue weighted by molar-refractivity contribution is -0.131. The van der Waals surface area contributed by atoms with Crippen LogP contribution in [0.2, 0.25) is 0 Å². The number of carbonyl (C=O) groups is 1. The smallest absolute Gasteiger partial charge is 0.240 e. The van der Waals surface area contributed by atoms with Crippen molar-refractivity contribution in [3.63, 3.8) is 0 Å². The second-order valence-corrected chi connectivity index (χ2v) is 9.52. The molecule has 1 aliphatic carbocycles. The van der Waals surface area contributed by atoms with Crippen molar-refractivity contribution >= 4 is 15.9 Å². The third-order valence-electron chi connectivity index (χ3n) is 5.64. The van der Waals surface area contributed by atoms with Crippen molar-refractivity contribution in [3.05, 3.63) is 29.8 Å². The van der Waals surface area contributed by atoms with Crippen LogP contribution in [0, 0.1) is 0 Å². The standard InChI is InChI=1S/C19H27N3O3S/c23-19(22-12-11-15-4-7-17(13-22)20-15)10-3-14-1-8-18(9-2-14)26(24,25)21-16-5-6-16/h1-2,8-9,15-17,20-21H,3-7,10-13H2. The first-order chi connectivity index (χ1) is 12.5. The first-order valence-corrected chi connectivity index (χ1v) is 11.1. The summed E-state index contributed by atoms with van der Waals surface area (Å²) in [5.74, 6) is 0.200. The molecule has 0 spiro atoms. The molecule has 1 aromatic carbocycles.